The Balaban J connectivity index is 0.000000180. The number of nitrogens with one attached hydrogen (secondary N) is 4. The molecular weight excluding hydrogens is 799 g/mol. The summed E-state index contributed by atoms with van der Waals surface area (Å²) in [7, 11) is 15.4. The van der Waals surface area contributed by atoms with Gasteiger partial charge in [0, 0.05) is 70.0 Å². The molecule has 1 aliphatic carbocycles. The fourth-order valence-electron chi connectivity index (χ4n) is 7.70. The first kappa shape index (κ1) is 51.7. The summed E-state index contributed by atoms with van der Waals surface area (Å²) >= 11 is 0. The Morgan fingerprint density at radius 1 is 0.462 bits per heavy atom. The number of anilines is 2. The molecule has 7 nitrogen and oxygen atoms in total. The number of benzene rings is 7. The zero-order chi connectivity index (χ0) is 47.0. The maximum atomic E-state index is 5.64. The lowest BCUT2D eigenvalue weighted by molar-refractivity contribution is 0.140. The van der Waals surface area contributed by atoms with Crippen molar-refractivity contribution in [2.75, 3.05) is 66.7 Å². The second-order valence-corrected chi connectivity index (χ2v) is 16.1. The van der Waals surface area contributed by atoms with Crippen molar-refractivity contribution in [3.05, 3.63) is 196 Å². The van der Waals surface area contributed by atoms with Gasteiger partial charge in [0.2, 0.25) is 0 Å². The van der Waals surface area contributed by atoms with Crippen LogP contribution in [-0.2, 0) is 43.6 Å². The minimum atomic E-state index is 0.0644. The summed E-state index contributed by atoms with van der Waals surface area (Å²) < 4.78 is 11.0. The molecule has 1 unspecified atom stereocenters. The second-order valence-electron chi connectivity index (χ2n) is 16.1. The average Bonchev–Trinajstić information content (AvgIpc) is 3.68. The predicted molar refractivity (Wildman–Crippen MR) is 281 cm³/mol. The van der Waals surface area contributed by atoms with E-state index in [0.717, 1.165) is 55.7 Å². The summed E-state index contributed by atoms with van der Waals surface area (Å²) in [6.45, 7) is 9.41. The molecule has 0 amide bonds. The van der Waals surface area contributed by atoms with Gasteiger partial charge in [-0.3, -0.25) is 0 Å². The van der Waals surface area contributed by atoms with Crippen LogP contribution in [0.15, 0.2) is 152 Å². The SMILES string of the molecule is CCc1ccc(CNC)cc1.CCc1ccc(CNC)cc1.CCc1ccc(CNC)cc1.CNc1ccc2c(c1)C(OC)c1ccccc1-2.COc1cccc2c(N(C)C)cccc12. The van der Waals surface area contributed by atoms with Crippen LogP contribution in [0, 0.1) is 0 Å². The Kier molecular flexibility index (Phi) is 22.3. The summed E-state index contributed by atoms with van der Waals surface area (Å²) in [4.78, 5) is 2.11. The first-order valence-electron chi connectivity index (χ1n) is 23.0. The molecule has 1 atom stereocenters. The number of hydrogen-bond donors (Lipinski definition) is 4. The molecule has 7 aromatic rings. The van der Waals surface area contributed by atoms with Crippen molar-refractivity contribution in [3.63, 3.8) is 0 Å². The first-order chi connectivity index (χ1) is 31.7. The van der Waals surface area contributed by atoms with Crippen LogP contribution in [0.25, 0.3) is 21.9 Å². The third-order valence-corrected chi connectivity index (χ3v) is 11.4. The van der Waals surface area contributed by atoms with E-state index in [-0.39, 0.29) is 6.10 Å². The van der Waals surface area contributed by atoms with E-state index in [2.05, 4.69) is 186 Å². The summed E-state index contributed by atoms with van der Waals surface area (Å²) in [5, 5.41) is 14.9. The van der Waals surface area contributed by atoms with Crippen LogP contribution in [0.3, 0.4) is 0 Å². The van der Waals surface area contributed by atoms with Gasteiger partial charge in [-0.05, 0) is 120 Å². The lowest BCUT2D eigenvalue weighted by Crippen LogP contribution is -2.08. The normalized spacial score (nSPS) is 11.8. The van der Waals surface area contributed by atoms with Crippen molar-refractivity contribution < 1.29 is 9.47 Å². The molecule has 7 aromatic carbocycles. The van der Waals surface area contributed by atoms with Gasteiger partial charge in [0.1, 0.15) is 11.9 Å². The van der Waals surface area contributed by atoms with Gasteiger partial charge < -0.3 is 35.6 Å². The topological polar surface area (TPSA) is 69.8 Å². The van der Waals surface area contributed by atoms with E-state index in [0.29, 0.717) is 0 Å². The summed E-state index contributed by atoms with van der Waals surface area (Å²) in [5.41, 5.74) is 15.7. The van der Waals surface area contributed by atoms with E-state index >= 15 is 0 Å². The molecule has 344 valence electrons. The highest BCUT2D eigenvalue weighted by Crippen LogP contribution is 2.45. The minimum Gasteiger partial charge on any atom is -0.496 e. The van der Waals surface area contributed by atoms with E-state index in [1.807, 2.05) is 54.4 Å². The Morgan fingerprint density at radius 2 is 0.908 bits per heavy atom. The standard InChI is InChI=1S/C15H15NO.C13H15NO.3C10H15N/c1-16-10-7-8-12-11-5-3-4-6-13(11)15(17-2)14(12)9-10;1-14(2)12-8-4-7-11-10(12)6-5-9-13(11)15-3;3*1-3-9-4-6-10(7-5-9)8-11-2/h3-9,15-16H,1-2H3;4-9H,1-3H3;3*4-7,11H,3,8H2,1-2H3. The van der Waals surface area contributed by atoms with Crippen LogP contribution in [0.1, 0.15) is 71.4 Å². The molecule has 0 radical (unpaired) electrons. The van der Waals surface area contributed by atoms with Crippen molar-refractivity contribution in [2.45, 2.75) is 65.8 Å². The largest absolute Gasteiger partial charge is 0.496 e. The molecule has 0 bridgehead atoms. The van der Waals surface area contributed by atoms with E-state index < -0.39 is 0 Å². The highest BCUT2D eigenvalue weighted by atomic mass is 16.5. The van der Waals surface area contributed by atoms with Crippen LogP contribution < -0.4 is 30.9 Å². The number of methoxy groups -OCH3 is 2. The van der Waals surface area contributed by atoms with Crippen molar-refractivity contribution >= 4 is 22.1 Å². The number of ether oxygens (including phenoxy) is 2. The maximum absolute atomic E-state index is 5.64. The smallest absolute Gasteiger partial charge is 0.126 e. The second kappa shape index (κ2) is 28.1. The van der Waals surface area contributed by atoms with Gasteiger partial charge in [0.05, 0.1) is 7.11 Å². The molecular formula is C58H75N5O2. The van der Waals surface area contributed by atoms with E-state index in [4.69, 9.17) is 9.47 Å². The first-order valence-corrected chi connectivity index (χ1v) is 23.0. The summed E-state index contributed by atoms with van der Waals surface area (Å²) in [6.07, 6.45) is 3.44. The highest BCUT2D eigenvalue weighted by molar-refractivity contribution is 5.97. The van der Waals surface area contributed by atoms with Crippen molar-refractivity contribution in [1.82, 2.24) is 16.0 Å². The quantitative estimate of drug-likeness (QED) is 0.0920. The van der Waals surface area contributed by atoms with Crippen molar-refractivity contribution in [3.8, 4) is 16.9 Å². The molecule has 0 heterocycles. The molecule has 0 saturated carbocycles. The molecule has 0 saturated heterocycles. The summed E-state index contributed by atoms with van der Waals surface area (Å²) in [6, 6.07) is 53.4. The monoisotopic (exact) mass is 874 g/mol. The van der Waals surface area contributed by atoms with E-state index in [9.17, 15) is 0 Å². The maximum Gasteiger partial charge on any atom is 0.126 e. The van der Waals surface area contributed by atoms with E-state index in [1.54, 1.807) is 14.2 Å². The van der Waals surface area contributed by atoms with E-state index in [1.165, 1.54) is 66.7 Å². The zero-order valence-electron chi connectivity index (χ0n) is 41.0. The number of nitrogens with zero attached hydrogens (tertiary/aromatic N) is 1. The molecule has 8 rings (SSSR count). The molecule has 7 heteroatoms. The van der Waals surface area contributed by atoms with Gasteiger partial charge in [-0.1, -0.05) is 148 Å². The molecule has 4 N–H and O–H groups in total. The molecule has 0 aromatic heterocycles. The van der Waals surface area contributed by atoms with Gasteiger partial charge in [0.25, 0.3) is 0 Å². The van der Waals surface area contributed by atoms with Crippen molar-refractivity contribution in [1.29, 1.82) is 0 Å². The number of aryl methyl sites for hydroxylation is 3. The predicted octanol–water partition coefficient (Wildman–Crippen LogP) is 12.3. The molecule has 0 aliphatic heterocycles. The van der Waals surface area contributed by atoms with Crippen LogP contribution in [0.4, 0.5) is 11.4 Å². The fraction of sp³-hybridized carbons (Fsp3) is 0.310. The van der Waals surface area contributed by atoms with Crippen LogP contribution >= 0.6 is 0 Å². The van der Waals surface area contributed by atoms with Gasteiger partial charge >= 0.3 is 0 Å². The van der Waals surface area contributed by atoms with Crippen LogP contribution in [0.2, 0.25) is 0 Å². The third kappa shape index (κ3) is 15.3. The van der Waals surface area contributed by atoms with Crippen molar-refractivity contribution in [2.24, 2.45) is 0 Å². The minimum absolute atomic E-state index is 0.0644. The van der Waals surface area contributed by atoms with Gasteiger partial charge in [0.15, 0.2) is 0 Å². The zero-order valence-corrected chi connectivity index (χ0v) is 41.0. The molecule has 0 spiro atoms. The van der Waals surface area contributed by atoms with Crippen LogP contribution in [0.5, 0.6) is 5.75 Å². The van der Waals surface area contributed by atoms with Gasteiger partial charge in [-0.15, -0.1) is 0 Å². The van der Waals surface area contributed by atoms with Crippen LogP contribution in [-0.4, -0.2) is 56.5 Å². The Morgan fingerprint density at radius 3 is 1.34 bits per heavy atom. The molecule has 1 aliphatic rings. The summed E-state index contributed by atoms with van der Waals surface area (Å²) in [5.74, 6) is 0.927. The van der Waals surface area contributed by atoms with Gasteiger partial charge in [-0.2, -0.15) is 0 Å². The Hall–Kier alpha value is -5.96. The van der Waals surface area contributed by atoms with Gasteiger partial charge in [-0.25, -0.2) is 0 Å². The average molecular weight is 874 g/mol. The molecule has 0 fully saturated rings. The lowest BCUT2D eigenvalue weighted by Gasteiger charge is -2.16. The lowest BCUT2D eigenvalue weighted by atomic mass is 10.1. The number of hydrogen-bond acceptors (Lipinski definition) is 7. The highest BCUT2D eigenvalue weighted by Gasteiger charge is 2.28. The third-order valence-electron chi connectivity index (χ3n) is 11.4. The number of rotatable bonds is 13. The molecule has 65 heavy (non-hydrogen) atoms. The fourth-order valence-corrected chi connectivity index (χ4v) is 7.70. The Labute approximate surface area is 391 Å². The Bertz CT molecular complexity index is 2290. The number of fused-ring (bicyclic) bond motifs is 4.